The van der Waals surface area contributed by atoms with E-state index in [1.807, 2.05) is 12.1 Å². The highest BCUT2D eigenvalue weighted by Crippen LogP contribution is 2.39. The Kier molecular flexibility index (Phi) is 6.17. The monoisotopic (exact) mass is 552 g/mol. The second kappa shape index (κ2) is 9.47. The zero-order valence-electron chi connectivity index (χ0n) is 21.9. The number of nitrogens with zero attached hydrogens (tertiary/aromatic N) is 4. The predicted octanol–water partition coefficient (Wildman–Crippen LogP) is 4.35. The Hall–Kier alpha value is -4.19. The van der Waals surface area contributed by atoms with E-state index in [1.54, 1.807) is 31.2 Å². The number of carbonyl (C=O) groups excluding carboxylic acids is 1. The summed E-state index contributed by atoms with van der Waals surface area (Å²) in [6.45, 7) is 4.20. The molecule has 208 valence electrons. The lowest BCUT2D eigenvalue weighted by Crippen LogP contribution is -2.65. The van der Waals surface area contributed by atoms with E-state index in [9.17, 15) is 18.0 Å². The average molecular weight is 553 g/mol. The van der Waals surface area contributed by atoms with Crippen LogP contribution in [-0.4, -0.2) is 50.8 Å². The number of benzene rings is 1. The van der Waals surface area contributed by atoms with Gasteiger partial charge >= 0.3 is 6.18 Å². The fourth-order valence-electron chi connectivity index (χ4n) is 4.92. The van der Waals surface area contributed by atoms with Crippen LogP contribution in [0.5, 0.6) is 5.75 Å². The van der Waals surface area contributed by atoms with Crippen molar-refractivity contribution < 1.29 is 27.4 Å². The summed E-state index contributed by atoms with van der Waals surface area (Å²) in [5, 5.41) is 7.77. The summed E-state index contributed by atoms with van der Waals surface area (Å²) in [5.74, 6) is 0.210. The van der Waals surface area contributed by atoms with Gasteiger partial charge in [0.2, 0.25) is 5.91 Å². The van der Waals surface area contributed by atoms with Crippen LogP contribution in [0.4, 0.5) is 19.0 Å². The van der Waals surface area contributed by atoms with Crippen molar-refractivity contribution in [3.05, 3.63) is 59.4 Å². The number of rotatable bonds is 7. The fraction of sp³-hybridized carbons (Fsp3) is 0.357. The lowest BCUT2D eigenvalue weighted by atomic mass is 9.98. The summed E-state index contributed by atoms with van der Waals surface area (Å²) in [6, 6.07) is 10.9. The molecule has 40 heavy (non-hydrogen) atoms. The minimum absolute atomic E-state index is 0.0402. The number of halogens is 3. The van der Waals surface area contributed by atoms with Crippen molar-refractivity contribution in [2.75, 3.05) is 25.6 Å². The predicted molar refractivity (Wildman–Crippen MR) is 140 cm³/mol. The molecule has 0 spiro atoms. The molecule has 6 rings (SSSR count). The van der Waals surface area contributed by atoms with Gasteiger partial charge in [0.25, 0.3) is 0 Å². The Balaban J connectivity index is 1.26. The van der Waals surface area contributed by atoms with Gasteiger partial charge in [0.05, 0.1) is 30.3 Å². The summed E-state index contributed by atoms with van der Waals surface area (Å²) in [5.41, 5.74) is 7.10. The summed E-state index contributed by atoms with van der Waals surface area (Å²) in [6.07, 6.45) is -1.47. The topological polar surface area (TPSA) is 117 Å². The van der Waals surface area contributed by atoms with Gasteiger partial charge in [0.15, 0.2) is 5.65 Å². The molecule has 2 aliphatic rings. The van der Waals surface area contributed by atoms with E-state index < -0.39 is 23.1 Å². The smallest absolute Gasteiger partial charge is 0.420 e. The van der Waals surface area contributed by atoms with Crippen LogP contribution in [0.3, 0.4) is 0 Å². The number of alkyl halides is 3. The van der Waals surface area contributed by atoms with Gasteiger partial charge in [-0.25, -0.2) is 14.5 Å². The van der Waals surface area contributed by atoms with Gasteiger partial charge in [-0.1, -0.05) is 0 Å². The van der Waals surface area contributed by atoms with E-state index in [4.69, 9.17) is 20.3 Å². The molecule has 3 N–H and O–H groups in total. The first-order valence-corrected chi connectivity index (χ1v) is 12.9. The van der Waals surface area contributed by atoms with Gasteiger partial charge in [-0.15, -0.1) is 0 Å². The molecule has 4 heterocycles. The molecule has 1 amide bonds. The molecule has 1 aliphatic heterocycles. The van der Waals surface area contributed by atoms with Crippen LogP contribution < -0.4 is 15.8 Å². The summed E-state index contributed by atoms with van der Waals surface area (Å²) >= 11 is 0. The van der Waals surface area contributed by atoms with Crippen LogP contribution in [0.25, 0.3) is 28.2 Å². The van der Waals surface area contributed by atoms with Crippen molar-refractivity contribution in [2.24, 2.45) is 5.92 Å². The van der Waals surface area contributed by atoms with Crippen molar-refractivity contribution in [1.29, 1.82) is 0 Å². The van der Waals surface area contributed by atoms with Gasteiger partial charge in [0.1, 0.15) is 29.3 Å². The molecule has 1 saturated carbocycles. The van der Waals surface area contributed by atoms with Crippen molar-refractivity contribution in [3.63, 3.8) is 0 Å². The van der Waals surface area contributed by atoms with E-state index in [-0.39, 0.29) is 23.0 Å². The van der Waals surface area contributed by atoms with Gasteiger partial charge in [-0.05, 0) is 68.7 Å². The molecule has 9 nitrogen and oxygen atoms in total. The molecule has 4 aromatic rings. The van der Waals surface area contributed by atoms with Crippen molar-refractivity contribution in [2.45, 2.75) is 38.4 Å². The first-order chi connectivity index (χ1) is 19.0. The largest absolute Gasteiger partial charge is 0.491 e. The number of anilines is 1. The zero-order valence-corrected chi connectivity index (χ0v) is 21.9. The Morgan fingerprint density at radius 2 is 1.90 bits per heavy atom. The molecule has 0 bridgehead atoms. The summed E-state index contributed by atoms with van der Waals surface area (Å²) < 4.78 is 54.0. The zero-order chi connectivity index (χ0) is 28.2. The Morgan fingerprint density at radius 1 is 1.18 bits per heavy atom. The van der Waals surface area contributed by atoms with Crippen LogP contribution in [-0.2, 0) is 15.7 Å². The number of carbonyl (C=O) groups is 1. The summed E-state index contributed by atoms with van der Waals surface area (Å²) in [7, 11) is 0. The highest BCUT2D eigenvalue weighted by atomic mass is 19.4. The normalized spacial score (nSPS) is 16.5. The molecule has 0 unspecified atom stereocenters. The molecular formula is C28H27F3N6O3. The second-order valence-electron chi connectivity index (χ2n) is 10.4. The third kappa shape index (κ3) is 4.72. The average Bonchev–Trinajstić information content (AvgIpc) is 3.68. The minimum atomic E-state index is -4.65. The van der Waals surface area contributed by atoms with Gasteiger partial charge in [-0.3, -0.25) is 4.79 Å². The van der Waals surface area contributed by atoms with Gasteiger partial charge < -0.3 is 20.5 Å². The highest BCUT2D eigenvalue weighted by molar-refractivity contribution is 5.81. The number of aryl methyl sites for hydroxylation is 1. The summed E-state index contributed by atoms with van der Waals surface area (Å²) in [4.78, 5) is 20.5. The molecule has 1 saturated heterocycles. The Morgan fingerprint density at radius 3 is 2.52 bits per heavy atom. The molecule has 1 aromatic carbocycles. The van der Waals surface area contributed by atoms with Crippen LogP contribution in [0, 0.1) is 19.8 Å². The van der Waals surface area contributed by atoms with Gasteiger partial charge in [-0.2, -0.15) is 18.3 Å². The van der Waals surface area contributed by atoms with E-state index in [2.05, 4.69) is 15.3 Å². The van der Waals surface area contributed by atoms with Gasteiger partial charge in [0, 0.05) is 23.2 Å². The fourth-order valence-corrected chi connectivity index (χ4v) is 4.92. The standard InChI is InChI=1S/C28H27F3N6O3/c1-15-20(11-33-25(32)23(15)28(29,30)31)24-16(2)34-22-10-9-21(36-37(22)24)17-5-7-19(8-6-17)40-14-27(12-39-13-27)35-26(38)18-3-4-18/h5-11,18H,3-4,12-14H2,1-2H3,(H2,32,33)(H,35,38). The van der Waals surface area contributed by atoms with Crippen molar-refractivity contribution in [3.8, 4) is 28.3 Å². The third-order valence-electron chi connectivity index (χ3n) is 7.32. The number of imidazole rings is 1. The van der Waals surface area contributed by atoms with E-state index in [0.717, 1.165) is 18.4 Å². The SMILES string of the molecule is Cc1nc2ccc(-c3ccc(OCC4(NC(=O)C5CC5)COC4)cc3)nn2c1-c1cnc(N)c(C(F)(F)F)c1C. The molecular weight excluding hydrogens is 525 g/mol. The number of aromatic nitrogens is 4. The lowest BCUT2D eigenvalue weighted by Gasteiger charge is -2.41. The van der Waals surface area contributed by atoms with Crippen LogP contribution in [0.15, 0.2) is 42.6 Å². The third-order valence-corrected chi connectivity index (χ3v) is 7.32. The number of hydrogen-bond acceptors (Lipinski definition) is 7. The number of fused-ring (bicyclic) bond motifs is 1. The second-order valence-corrected chi connectivity index (χ2v) is 10.4. The molecule has 0 radical (unpaired) electrons. The Bertz CT molecular complexity index is 1610. The maximum absolute atomic E-state index is 13.7. The maximum Gasteiger partial charge on any atom is 0.420 e. The number of ether oxygens (including phenoxy) is 2. The van der Waals surface area contributed by atoms with Crippen LogP contribution >= 0.6 is 0 Å². The van der Waals surface area contributed by atoms with Crippen molar-refractivity contribution in [1.82, 2.24) is 24.9 Å². The van der Waals surface area contributed by atoms with E-state index in [1.165, 1.54) is 17.6 Å². The van der Waals surface area contributed by atoms with E-state index in [0.29, 0.717) is 48.3 Å². The molecule has 2 fully saturated rings. The maximum atomic E-state index is 13.7. The number of nitrogens with one attached hydrogen (secondary N) is 1. The Labute approximate surface area is 227 Å². The first kappa shape index (κ1) is 26.1. The number of hydrogen-bond donors (Lipinski definition) is 2. The van der Waals surface area contributed by atoms with Crippen LogP contribution in [0.2, 0.25) is 0 Å². The number of amides is 1. The number of pyridine rings is 1. The molecule has 0 atom stereocenters. The van der Waals surface area contributed by atoms with Crippen molar-refractivity contribution >= 4 is 17.4 Å². The number of nitrogen functional groups attached to an aromatic ring is 1. The first-order valence-electron chi connectivity index (χ1n) is 12.9. The quantitative estimate of drug-likeness (QED) is 0.350. The highest BCUT2D eigenvalue weighted by Gasteiger charge is 2.44. The molecule has 3 aromatic heterocycles. The number of nitrogens with two attached hydrogens (primary N) is 1. The molecule has 12 heteroatoms. The lowest BCUT2D eigenvalue weighted by molar-refractivity contribution is -0.138. The van der Waals surface area contributed by atoms with Crippen LogP contribution in [0.1, 0.15) is 29.7 Å². The van der Waals surface area contributed by atoms with E-state index >= 15 is 0 Å². The molecule has 1 aliphatic carbocycles. The minimum Gasteiger partial charge on any atom is -0.491 e.